The Hall–Kier alpha value is -2.65. The third-order valence-electron chi connectivity index (χ3n) is 8.45. The number of hydrogen-bond acceptors (Lipinski definition) is 5. The molecule has 1 unspecified atom stereocenters. The Labute approximate surface area is 216 Å². The van der Waals surface area contributed by atoms with Gasteiger partial charge in [0.25, 0.3) is 0 Å². The van der Waals surface area contributed by atoms with E-state index in [1.54, 1.807) is 13.2 Å². The number of carbonyl (C=O) groups is 1. The largest absolute Gasteiger partial charge is 0.403 e. The van der Waals surface area contributed by atoms with Crippen molar-refractivity contribution in [2.45, 2.75) is 76.2 Å². The molecular weight excluding hydrogens is 481 g/mol. The van der Waals surface area contributed by atoms with Crippen molar-refractivity contribution in [3.63, 3.8) is 0 Å². The minimum absolute atomic E-state index is 0.0360. The second-order valence-electron chi connectivity index (χ2n) is 10.6. The summed E-state index contributed by atoms with van der Waals surface area (Å²) in [7, 11) is 1.55. The number of benzene rings is 1. The number of rotatable bonds is 4. The number of anilines is 3. The van der Waals surface area contributed by atoms with Crippen molar-refractivity contribution in [2.24, 2.45) is 5.92 Å². The van der Waals surface area contributed by atoms with E-state index in [1.807, 2.05) is 23.1 Å². The summed E-state index contributed by atoms with van der Waals surface area (Å²) in [5.41, 5.74) is 3.82. The lowest BCUT2D eigenvalue weighted by Gasteiger charge is -2.39. The van der Waals surface area contributed by atoms with Gasteiger partial charge in [0.2, 0.25) is 5.91 Å². The summed E-state index contributed by atoms with van der Waals surface area (Å²) >= 11 is 0. The number of halogens is 3. The van der Waals surface area contributed by atoms with E-state index in [4.69, 9.17) is 4.74 Å². The molecule has 1 aromatic heterocycles. The maximum atomic E-state index is 14.0. The summed E-state index contributed by atoms with van der Waals surface area (Å²) in [6.07, 6.45) is 1.70. The minimum atomic E-state index is -4.26. The van der Waals surface area contributed by atoms with E-state index in [0.717, 1.165) is 48.8 Å². The highest BCUT2D eigenvalue weighted by molar-refractivity contribution is 5.99. The Kier molecular flexibility index (Phi) is 7.45. The first kappa shape index (κ1) is 26.0. The predicted molar refractivity (Wildman–Crippen MR) is 137 cm³/mol. The Morgan fingerprint density at radius 1 is 1.14 bits per heavy atom. The fourth-order valence-corrected chi connectivity index (χ4v) is 5.92. The van der Waals surface area contributed by atoms with Crippen molar-refractivity contribution in [2.75, 3.05) is 30.5 Å². The molecular formula is C28H35F3N4O2. The Bertz CT molecular complexity index is 1110. The number of pyridine rings is 1. The summed E-state index contributed by atoms with van der Waals surface area (Å²) in [6, 6.07) is 8.47. The second-order valence-corrected chi connectivity index (χ2v) is 10.6. The molecule has 3 heterocycles. The lowest BCUT2D eigenvalue weighted by molar-refractivity contribution is -0.182. The van der Waals surface area contributed by atoms with Gasteiger partial charge < -0.3 is 15.0 Å². The smallest absolute Gasteiger partial charge is 0.381 e. The van der Waals surface area contributed by atoms with Gasteiger partial charge in [0.15, 0.2) is 0 Å². The maximum Gasteiger partial charge on any atom is 0.403 e. The molecule has 200 valence electrons. The van der Waals surface area contributed by atoms with Crippen molar-refractivity contribution >= 4 is 23.1 Å². The highest BCUT2D eigenvalue weighted by Gasteiger charge is 2.42. The van der Waals surface area contributed by atoms with Gasteiger partial charge >= 0.3 is 6.18 Å². The first-order valence-corrected chi connectivity index (χ1v) is 13.2. The van der Waals surface area contributed by atoms with Crippen LogP contribution in [0.2, 0.25) is 0 Å². The van der Waals surface area contributed by atoms with E-state index in [9.17, 15) is 18.0 Å². The molecule has 5 rings (SSSR count). The SMILES string of the molecule is CC(N(C)[C@H]1CC[C@@H](C(=O)N2Cc3cccnc3Nc3ccc(C4CCOCC4)cc32)CC1)C(F)(F)F. The van der Waals surface area contributed by atoms with Gasteiger partial charge in [-0.15, -0.1) is 0 Å². The number of nitrogens with one attached hydrogen (secondary N) is 1. The molecule has 1 atom stereocenters. The maximum absolute atomic E-state index is 14.0. The lowest BCUT2D eigenvalue weighted by Crippen LogP contribution is -2.48. The fourth-order valence-electron chi connectivity index (χ4n) is 5.92. The number of nitrogens with zero attached hydrogens (tertiary/aromatic N) is 3. The number of amides is 1. The van der Waals surface area contributed by atoms with Crippen molar-refractivity contribution < 1.29 is 22.7 Å². The van der Waals surface area contributed by atoms with Gasteiger partial charge in [0, 0.05) is 36.9 Å². The van der Waals surface area contributed by atoms with Gasteiger partial charge in [-0.3, -0.25) is 9.69 Å². The zero-order valence-corrected chi connectivity index (χ0v) is 21.4. The van der Waals surface area contributed by atoms with Crippen molar-refractivity contribution in [1.29, 1.82) is 0 Å². The number of aromatic nitrogens is 1. The van der Waals surface area contributed by atoms with Gasteiger partial charge in [0.05, 0.1) is 17.9 Å². The Morgan fingerprint density at radius 3 is 2.57 bits per heavy atom. The number of ether oxygens (including phenoxy) is 1. The van der Waals surface area contributed by atoms with Crippen LogP contribution in [0.5, 0.6) is 0 Å². The summed E-state index contributed by atoms with van der Waals surface area (Å²) in [5.74, 6) is 0.947. The van der Waals surface area contributed by atoms with Crippen LogP contribution in [0.3, 0.4) is 0 Å². The van der Waals surface area contributed by atoms with Gasteiger partial charge in [-0.05, 0) is 82.2 Å². The molecule has 37 heavy (non-hydrogen) atoms. The quantitative estimate of drug-likeness (QED) is 0.540. The van der Waals surface area contributed by atoms with Gasteiger partial charge in [-0.2, -0.15) is 13.2 Å². The van der Waals surface area contributed by atoms with Crippen molar-refractivity contribution in [1.82, 2.24) is 9.88 Å². The normalized spacial score (nSPS) is 23.6. The Balaban J connectivity index is 1.38. The molecule has 1 saturated heterocycles. The number of carbonyl (C=O) groups excluding carboxylic acids is 1. The molecule has 1 aliphatic carbocycles. The first-order chi connectivity index (χ1) is 17.7. The molecule has 0 radical (unpaired) electrons. The molecule has 0 spiro atoms. The topological polar surface area (TPSA) is 57.7 Å². The molecule has 9 heteroatoms. The van der Waals surface area contributed by atoms with Crippen LogP contribution in [0.1, 0.15) is 62.5 Å². The van der Waals surface area contributed by atoms with Crippen LogP contribution in [0.4, 0.5) is 30.4 Å². The average Bonchev–Trinajstić information content (AvgIpc) is 3.08. The number of hydrogen-bond donors (Lipinski definition) is 1. The minimum Gasteiger partial charge on any atom is -0.381 e. The van der Waals surface area contributed by atoms with Gasteiger partial charge in [-0.25, -0.2) is 4.98 Å². The van der Waals surface area contributed by atoms with Crippen LogP contribution >= 0.6 is 0 Å². The van der Waals surface area contributed by atoms with E-state index in [2.05, 4.69) is 22.4 Å². The Morgan fingerprint density at radius 2 is 1.86 bits per heavy atom. The van der Waals surface area contributed by atoms with E-state index in [1.165, 1.54) is 17.4 Å². The van der Waals surface area contributed by atoms with Gasteiger partial charge in [-0.1, -0.05) is 12.1 Å². The molecule has 1 N–H and O–H groups in total. The van der Waals surface area contributed by atoms with Gasteiger partial charge in [0.1, 0.15) is 11.9 Å². The third-order valence-corrected chi connectivity index (χ3v) is 8.45. The molecule has 1 saturated carbocycles. The summed E-state index contributed by atoms with van der Waals surface area (Å²) < 4.78 is 45.3. The van der Waals surface area contributed by atoms with Crippen LogP contribution in [0.25, 0.3) is 0 Å². The standard InChI is InChI=1S/C28H35F3N4O2/c1-18(28(29,30)31)34(2)23-8-5-20(6-9-23)27(36)35-17-22-4-3-13-32-26(22)33-24-10-7-21(16-25(24)35)19-11-14-37-15-12-19/h3-4,7,10,13,16,18-20,23H,5-6,8-9,11-12,14-15,17H2,1-2H3,(H,32,33)/t18?,20-,23+. The van der Waals surface area contributed by atoms with Crippen molar-refractivity contribution in [3.05, 3.63) is 47.7 Å². The summed E-state index contributed by atoms with van der Waals surface area (Å²) in [6.45, 7) is 3.09. The molecule has 3 aliphatic rings. The van der Waals surface area contributed by atoms with Crippen molar-refractivity contribution in [3.8, 4) is 0 Å². The van der Waals surface area contributed by atoms with Crippen LogP contribution in [0, 0.1) is 5.92 Å². The first-order valence-electron chi connectivity index (χ1n) is 13.2. The van der Waals surface area contributed by atoms with Crippen LogP contribution in [-0.2, 0) is 16.1 Å². The monoisotopic (exact) mass is 516 g/mol. The molecule has 2 aliphatic heterocycles. The zero-order chi connectivity index (χ0) is 26.2. The second kappa shape index (κ2) is 10.6. The fraction of sp³-hybridized carbons (Fsp3) is 0.571. The highest BCUT2D eigenvalue weighted by atomic mass is 19.4. The molecule has 6 nitrogen and oxygen atoms in total. The highest BCUT2D eigenvalue weighted by Crippen LogP contribution is 2.41. The van der Waals surface area contributed by atoms with E-state index >= 15 is 0 Å². The number of fused-ring (bicyclic) bond motifs is 2. The molecule has 2 fully saturated rings. The van der Waals surface area contributed by atoms with E-state index < -0.39 is 12.2 Å². The average molecular weight is 517 g/mol. The molecule has 2 aromatic rings. The van der Waals surface area contributed by atoms with Crippen LogP contribution in [-0.4, -0.2) is 54.3 Å². The number of alkyl halides is 3. The molecule has 1 amide bonds. The van der Waals surface area contributed by atoms with E-state index in [-0.39, 0.29) is 17.9 Å². The summed E-state index contributed by atoms with van der Waals surface area (Å²) in [4.78, 5) is 21.8. The molecule has 1 aromatic carbocycles. The predicted octanol–water partition coefficient (Wildman–Crippen LogP) is 6.01. The molecule has 0 bridgehead atoms. The summed E-state index contributed by atoms with van der Waals surface area (Å²) in [5, 5.41) is 3.43. The van der Waals surface area contributed by atoms with Crippen LogP contribution < -0.4 is 10.2 Å². The van der Waals surface area contributed by atoms with Crippen LogP contribution in [0.15, 0.2) is 36.5 Å². The third kappa shape index (κ3) is 5.48. The van der Waals surface area contributed by atoms with E-state index in [0.29, 0.717) is 38.1 Å². The lowest BCUT2D eigenvalue weighted by atomic mass is 9.84. The zero-order valence-electron chi connectivity index (χ0n) is 21.4.